The fourth-order valence-corrected chi connectivity index (χ4v) is 2.85. The first-order valence-electron chi connectivity index (χ1n) is 7.60. The molecule has 1 saturated heterocycles. The molecule has 0 radical (unpaired) electrons. The average Bonchev–Trinajstić information content (AvgIpc) is 2.56. The third-order valence-electron chi connectivity index (χ3n) is 4.07. The van der Waals surface area contributed by atoms with Crippen LogP contribution in [-0.4, -0.2) is 26.3 Å². The molecule has 0 saturated carbocycles. The van der Waals surface area contributed by atoms with Gasteiger partial charge in [-0.15, -0.1) is 0 Å². The average molecular weight is 303 g/mol. The maximum Gasteiger partial charge on any atom is 0.131 e. The molecule has 3 rings (SSSR count). The Balaban J connectivity index is 2.04. The topological polar surface area (TPSA) is 12.5 Å². The number of rotatable bonds is 3. The quantitative estimate of drug-likeness (QED) is 0.849. The van der Waals surface area contributed by atoms with Crippen LogP contribution in [0.5, 0.6) is 0 Å². The molecule has 2 aromatic rings. The Morgan fingerprint density at radius 3 is 2.50 bits per heavy atom. The van der Waals surface area contributed by atoms with Gasteiger partial charge in [-0.05, 0) is 47.9 Å². The van der Waals surface area contributed by atoms with E-state index in [0.717, 1.165) is 30.8 Å². The fourth-order valence-electron chi connectivity index (χ4n) is 2.85. The standard InChI is InChI=1S/C18H19F2NO/c1-2-13-3-4-14(19)11-16(13)17-12-15(5-6-18(17)20)21-7-9-22-10-8-21/h3-6,11-12H,2,7-10H2,1H3. The lowest BCUT2D eigenvalue weighted by Crippen LogP contribution is -2.36. The van der Waals surface area contributed by atoms with Crippen LogP contribution in [0.3, 0.4) is 0 Å². The number of hydrogen-bond donors (Lipinski definition) is 0. The van der Waals surface area contributed by atoms with Crippen LogP contribution < -0.4 is 4.90 Å². The van der Waals surface area contributed by atoms with Crippen molar-refractivity contribution in [1.82, 2.24) is 0 Å². The van der Waals surface area contributed by atoms with Gasteiger partial charge in [-0.25, -0.2) is 8.78 Å². The van der Waals surface area contributed by atoms with Crippen molar-refractivity contribution in [2.24, 2.45) is 0 Å². The van der Waals surface area contributed by atoms with E-state index in [9.17, 15) is 8.78 Å². The van der Waals surface area contributed by atoms with E-state index in [0.29, 0.717) is 24.3 Å². The number of benzene rings is 2. The first-order chi connectivity index (χ1) is 10.7. The summed E-state index contributed by atoms with van der Waals surface area (Å²) in [5.74, 6) is -0.666. The third-order valence-corrected chi connectivity index (χ3v) is 4.07. The van der Waals surface area contributed by atoms with Gasteiger partial charge in [-0.2, -0.15) is 0 Å². The Morgan fingerprint density at radius 1 is 1.00 bits per heavy atom. The summed E-state index contributed by atoms with van der Waals surface area (Å²) >= 11 is 0. The molecule has 22 heavy (non-hydrogen) atoms. The third kappa shape index (κ3) is 2.97. The first-order valence-corrected chi connectivity index (χ1v) is 7.60. The number of aryl methyl sites for hydroxylation is 1. The highest BCUT2D eigenvalue weighted by molar-refractivity contribution is 5.72. The summed E-state index contributed by atoms with van der Waals surface area (Å²) in [5.41, 5.74) is 2.99. The monoisotopic (exact) mass is 303 g/mol. The molecule has 1 heterocycles. The van der Waals surface area contributed by atoms with E-state index in [2.05, 4.69) is 4.90 Å². The van der Waals surface area contributed by atoms with E-state index < -0.39 is 0 Å². The zero-order chi connectivity index (χ0) is 15.5. The molecule has 0 unspecified atom stereocenters. The summed E-state index contributed by atoms with van der Waals surface area (Å²) in [4.78, 5) is 2.16. The molecule has 0 spiro atoms. The Kier molecular flexibility index (Phi) is 4.39. The van der Waals surface area contributed by atoms with Crippen molar-refractivity contribution in [3.8, 4) is 11.1 Å². The Hall–Kier alpha value is -1.94. The predicted octanol–water partition coefficient (Wildman–Crippen LogP) is 4.03. The van der Waals surface area contributed by atoms with E-state index >= 15 is 0 Å². The summed E-state index contributed by atoms with van der Waals surface area (Å²) in [7, 11) is 0. The largest absolute Gasteiger partial charge is 0.378 e. The van der Waals surface area contributed by atoms with E-state index in [1.54, 1.807) is 12.1 Å². The SMILES string of the molecule is CCc1ccc(F)cc1-c1cc(N2CCOCC2)ccc1F. The lowest BCUT2D eigenvalue weighted by atomic mass is 9.97. The van der Waals surface area contributed by atoms with Crippen LogP contribution in [0.15, 0.2) is 36.4 Å². The molecule has 0 N–H and O–H groups in total. The van der Waals surface area contributed by atoms with E-state index in [1.807, 2.05) is 13.0 Å². The molecule has 1 aliphatic heterocycles. The minimum absolute atomic E-state index is 0.322. The molecule has 0 atom stereocenters. The van der Waals surface area contributed by atoms with E-state index in [1.165, 1.54) is 18.2 Å². The smallest absolute Gasteiger partial charge is 0.131 e. The van der Waals surface area contributed by atoms with Gasteiger partial charge in [0.15, 0.2) is 0 Å². The molecule has 1 fully saturated rings. The lowest BCUT2D eigenvalue weighted by molar-refractivity contribution is 0.122. The number of nitrogens with zero attached hydrogens (tertiary/aromatic N) is 1. The Labute approximate surface area is 129 Å². The second-order valence-electron chi connectivity index (χ2n) is 5.42. The normalized spacial score (nSPS) is 15.1. The molecule has 0 bridgehead atoms. The summed E-state index contributed by atoms with van der Waals surface area (Å²) in [6.45, 7) is 4.91. The number of morpholine rings is 1. The molecule has 1 aliphatic rings. The van der Waals surface area contributed by atoms with Gasteiger partial charge in [0, 0.05) is 24.3 Å². The van der Waals surface area contributed by atoms with Gasteiger partial charge >= 0.3 is 0 Å². The molecular formula is C18H19F2NO. The van der Waals surface area contributed by atoms with Crippen LogP contribution in [-0.2, 0) is 11.2 Å². The van der Waals surface area contributed by atoms with E-state index in [4.69, 9.17) is 4.74 Å². The van der Waals surface area contributed by atoms with Crippen molar-refractivity contribution < 1.29 is 13.5 Å². The predicted molar refractivity (Wildman–Crippen MR) is 84.2 cm³/mol. The van der Waals surface area contributed by atoms with Crippen molar-refractivity contribution in [2.75, 3.05) is 31.2 Å². The number of anilines is 1. The number of hydrogen-bond acceptors (Lipinski definition) is 2. The highest BCUT2D eigenvalue weighted by Crippen LogP contribution is 2.31. The van der Waals surface area contributed by atoms with Gasteiger partial charge in [-0.1, -0.05) is 13.0 Å². The van der Waals surface area contributed by atoms with Crippen LogP contribution in [0.1, 0.15) is 12.5 Å². The molecule has 4 heteroatoms. The summed E-state index contributed by atoms with van der Waals surface area (Å²) in [6, 6.07) is 9.62. The summed E-state index contributed by atoms with van der Waals surface area (Å²) in [5, 5.41) is 0. The Bertz CT molecular complexity index is 666. The fraction of sp³-hybridized carbons (Fsp3) is 0.333. The van der Waals surface area contributed by atoms with Gasteiger partial charge in [0.2, 0.25) is 0 Å². The van der Waals surface area contributed by atoms with Gasteiger partial charge in [-0.3, -0.25) is 0 Å². The second kappa shape index (κ2) is 6.44. The molecular weight excluding hydrogens is 284 g/mol. The molecule has 0 aromatic heterocycles. The molecule has 0 amide bonds. The molecule has 116 valence electrons. The van der Waals surface area contributed by atoms with Crippen LogP contribution in [0, 0.1) is 11.6 Å². The van der Waals surface area contributed by atoms with Crippen molar-refractivity contribution in [2.45, 2.75) is 13.3 Å². The molecule has 2 aromatic carbocycles. The zero-order valence-electron chi connectivity index (χ0n) is 12.6. The lowest BCUT2D eigenvalue weighted by Gasteiger charge is -2.29. The second-order valence-corrected chi connectivity index (χ2v) is 5.42. The maximum absolute atomic E-state index is 14.3. The molecule has 0 aliphatic carbocycles. The van der Waals surface area contributed by atoms with Gasteiger partial charge in [0.25, 0.3) is 0 Å². The van der Waals surface area contributed by atoms with Gasteiger partial charge in [0.05, 0.1) is 13.2 Å². The van der Waals surface area contributed by atoms with Crippen molar-refractivity contribution >= 4 is 5.69 Å². The van der Waals surface area contributed by atoms with Crippen molar-refractivity contribution in [3.63, 3.8) is 0 Å². The molecule has 2 nitrogen and oxygen atoms in total. The van der Waals surface area contributed by atoms with Crippen molar-refractivity contribution in [3.05, 3.63) is 53.6 Å². The van der Waals surface area contributed by atoms with Crippen LogP contribution in [0.2, 0.25) is 0 Å². The minimum Gasteiger partial charge on any atom is -0.378 e. The Morgan fingerprint density at radius 2 is 1.77 bits per heavy atom. The summed E-state index contributed by atoms with van der Waals surface area (Å²) in [6.07, 6.45) is 0.733. The summed E-state index contributed by atoms with van der Waals surface area (Å²) < 4.78 is 33.3. The van der Waals surface area contributed by atoms with Gasteiger partial charge < -0.3 is 9.64 Å². The highest BCUT2D eigenvalue weighted by Gasteiger charge is 2.15. The van der Waals surface area contributed by atoms with E-state index in [-0.39, 0.29) is 11.6 Å². The first kappa shape index (κ1) is 15.0. The highest BCUT2D eigenvalue weighted by atomic mass is 19.1. The zero-order valence-corrected chi connectivity index (χ0v) is 12.6. The number of halogens is 2. The number of ether oxygens (including phenoxy) is 1. The van der Waals surface area contributed by atoms with Gasteiger partial charge in [0.1, 0.15) is 11.6 Å². The van der Waals surface area contributed by atoms with Crippen molar-refractivity contribution in [1.29, 1.82) is 0 Å². The maximum atomic E-state index is 14.3. The van der Waals surface area contributed by atoms with Crippen LogP contribution in [0.25, 0.3) is 11.1 Å². The van der Waals surface area contributed by atoms with Crippen LogP contribution in [0.4, 0.5) is 14.5 Å². The minimum atomic E-state index is -0.344. The van der Waals surface area contributed by atoms with Crippen LogP contribution >= 0.6 is 0 Å².